The molecule has 0 spiro atoms. The SMILES string of the molecule is NCc1cc(C(F)(F)F)cnn1. The zero-order chi connectivity index (χ0) is 9.19. The van der Waals surface area contributed by atoms with Gasteiger partial charge in [0.25, 0.3) is 0 Å². The Bertz CT molecular complexity index is 271. The van der Waals surface area contributed by atoms with Crippen LogP contribution in [0.15, 0.2) is 12.3 Å². The Kier molecular flexibility index (Phi) is 2.27. The maximum atomic E-state index is 12.0. The molecule has 0 aliphatic heterocycles. The molecule has 0 fully saturated rings. The first kappa shape index (κ1) is 8.92. The molecule has 0 unspecified atom stereocenters. The fourth-order valence-electron chi connectivity index (χ4n) is 0.666. The number of alkyl halides is 3. The molecule has 1 aromatic rings. The molecule has 66 valence electrons. The first-order chi connectivity index (χ1) is 5.54. The fraction of sp³-hybridized carbons (Fsp3) is 0.333. The summed E-state index contributed by atoms with van der Waals surface area (Å²) in [4.78, 5) is 0. The summed E-state index contributed by atoms with van der Waals surface area (Å²) >= 11 is 0. The fourth-order valence-corrected chi connectivity index (χ4v) is 0.666. The van der Waals surface area contributed by atoms with Gasteiger partial charge in [-0.3, -0.25) is 0 Å². The summed E-state index contributed by atoms with van der Waals surface area (Å²) in [6.07, 6.45) is -3.71. The summed E-state index contributed by atoms with van der Waals surface area (Å²) in [6, 6.07) is 0.882. The summed E-state index contributed by atoms with van der Waals surface area (Å²) in [7, 11) is 0. The van der Waals surface area contributed by atoms with Gasteiger partial charge in [0.15, 0.2) is 0 Å². The van der Waals surface area contributed by atoms with Crippen LogP contribution in [0.25, 0.3) is 0 Å². The summed E-state index contributed by atoms with van der Waals surface area (Å²) in [5.41, 5.74) is 4.40. The first-order valence-corrected chi connectivity index (χ1v) is 3.13. The average Bonchev–Trinajstić information content (AvgIpc) is 2.03. The number of hydrogen-bond donors (Lipinski definition) is 1. The summed E-state index contributed by atoms with van der Waals surface area (Å²) < 4.78 is 36.0. The quantitative estimate of drug-likeness (QED) is 0.694. The van der Waals surface area contributed by atoms with Crippen LogP contribution >= 0.6 is 0 Å². The van der Waals surface area contributed by atoms with Crippen LogP contribution in [0.1, 0.15) is 11.3 Å². The standard InChI is InChI=1S/C6H6F3N3/c7-6(8,9)4-1-5(2-10)12-11-3-4/h1,3H,2,10H2. The number of halogens is 3. The minimum Gasteiger partial charge on any atom is -0.325 e. The third-order valence-corrected chi connectivity index (χ3v) is 1.24. The lowest BCUT2D eigenvalue weighted by atomic mass is 10.2. The van der Waals surface area contributed by atoms with Gasteiger partial charge >= 0.3 is 6.18 Å². The second kappa shape index (κ2) is 3.06. The molecule has 3 nitrogen and oxygen atoms in total. The molecule has 0 aromatic carbocycles. The number of nitrogens with two attached hydrogens (primary N) is 1. The van der Waals surface area contributed by atoms with Gasteiger partial charge in [0.1, 0.15) is 0 Å². The molecular weight excluding hydrogens is 171 g/mol. The van der Waals surface area contributed by atoms with Crippen LogP contribution in [0.5, 0.6) is 0 Å². The Morgan fingerprint density at radius 1 is 1.42 bits per heavy atom. The maximum Gasteiger partial charge on any atom is 0.418 e. The van der Waals surface area contributed by atoms with E-state index in [0.717, 1.165) is 6.07 Å². The van der Waals surface area contributed by atoms with Crippen molar-refractivity contribution < 1.29 is 13.2 Å². The molecule has 0 saturated heterocycles. The Hall–Kier alpha value is -1.17. The number of rotatable bonds is 1. The maximum absolute atomic E-state index is 12.0. The molecule has 0 radical (unpaired) electrons. The van der Waals surface area contributed by atoms with Crippen LogP contribution in [-0.4, -0.2) is 10.2 Å². The van der Waals surface area contributed by atoms with Crippen molar-refractivity contribution in [3.63, 3.8) is 0 Å². The smallest absolute Gasteiger partial charge is 0.325 e. The number of nitrogens with zero attached hydrogens (tertiary/aromatic N) is 2. The second-order valence-corrected chi connectivity index (χ2v) is 2.14. The molecular formula is C6H6F3N3. The van der Waals surface area contributed by atoms with Gasteiger partial charge in [-0.25, -0.2) is 0 Å². The van der Waals surface area contributed by atoms with Crippen LogP contribution in [0, 0.1) is 0 Å². The monoisotopic (exact) mass is 177 g/mol. The highest BCUT2D eigenvalue weighted by Crippen LogP contribution is 2.28. The largest absolute Gasteiger partial charge is 0.418 e. The highest BCUT2D eigenvalue weighted by Gasteiger charge is 2.31. The highest BCUT2D eigenvalue weighted by atomic mass is 19.4. The number of aromatic nitrogens is 2. The van der Waals surface area contributed by atoms with E-state index in [0.29, 0.717) is 6.20 Å². The molecule has 1 rings (SSSR count). The van der Waals surface area contributed by atoms with Gasteiger partial charge in [-0.15, -0.1) is 0 Å². The normalized spacial score (nSPS) is 11.7. The molecule has 0 saturated carbocycles. The molecule has 0 bridgehead atoms. The molecule has 0 aliphatic rings. The van der Waals surface area contributed by atoms with Crippen molar-refractivity contribution >= 4 is 0 Å². The zero-order valence-corrected chi connectivity index (χ0v) is 5.97. The van der Waals surface area contributed by atoms with Crippen molar-refractivity contribution in [1.29, 1.82) is 0 Å². The van der Waals surface area contributed by atoms with Crippen molar-refractivity contribution in [3.05, 3.63) is 23.5 Å². The Morgan fingerprint density at radius 2 is 2.08 bits per heavy atom. The molecule has 0 aliphatic carbocycles. The molecule has 1 aromatic heterocycles. The van der Waals surface area contributed by atoms with E-state index in [4.69, 9.17) is 5.73 Å². The summed E-state index contributed by atoms with van der Waals surface area (Å²) in [5.74, 6) is 0. The minimum atomic E-state index is -4.38. The van der Waals surface area contributed by atoms with E-state index in [2.05, 4.69) is 10.2 Å². The van der Waals surface area contributed by atoms with Gasteiger partial charge in [0.2, 0.25) is 0 Å². The molecule has 0 atom stereocenters. The molecule has 1 heterocycles. The van der Waals surface area contributed by atoms with Crippen molar-refractivity contribution in [2.75, 3.05) is 0 Å². The van der Waals surface area contributed by atoms with E-state index < -0.39 is 11.7 Å². The first-order valence-electron chi connectivity index (χ1n) is 3.13. The lowest BCUT2D eigenvalue weighted by Gasteiger charge is -2.05. The third kappa shape index (κ3) is 1.91. The Labute approximate surface area is 66.4 Å². The molecule has 12 heavy (non-hydrogen) atoms. The summed E-state index contributed by atoms with van der Waals surface area (Å²) in [6.45, 7) is -0.0447. The van der Waals surface area contributed by atoms with E-state index in [9.17, 15) is 13.2 Å². The van der Waals surface area contributed by atoms with Gasteiger partial charge in [-0.05, 0) is 6.07 Å². The van der Waals surface area contributed by atoms with Crippen molar-refractivity contribution in [1.82, 2.24) is 10.2 Å². The van der Waals surface area contributed by atoms with Gasteiger partial charge in [-0.2, -0.15) is 23.4 Å². The van der Waals surface area contributed by atoms with Crippen LogP contribution in [0.2, 0.25) is 0 Å². The van der Waals surface area contributed by atoms with Crippen LogP contribution in [-0.2, 0) is 12.7 Å². The highest BCUT2D eigenvalue weighted by molar-refractivity contribution is 5.15. The van der Waals surface area contributed by atoms with Gasteiger partial charge in [0, 0.05) is 6.54 Å². The van der Waals surface area contributed by atoms with Crippen molar-refractivity contribution in [2.24, 2.45) is 5.73 Å². The summed E-state index contributed by atoms with van der Waals surface area (Å²) in [5, 5.41) is 6.57. The van der Waals surface area contributed by atoms with Gasteiger partial charge in [-0.1, -0.05) is 0 Å². The van der Waals surface area contributed by atoms with Crippen molar-refractivity contribution in [2.45, 2.75) is 12.7 Å². The predicted octanol–water partition coefficient (Wildman–Crippen LogP) is 0.954. The predicted molar refractivity (Wildman–Crippen MR) is 34.9 cm³/mol. The topological polar surface area (TPSA) is 51.8 Å². The molecule has 0 amide bonds. The van der Waals surface area contributed by atoms with Crippen LogP contribution in [0.4, 0.5) is 13.2 Å². The average molecular weight is 177 g/mol. The van der Waals surface area contributed by atoms with E-state index in [1.54, 1.807) is 0 Å². The van der Waals surface area contributed by atoms with E-state index >= 15 is 0 Å². The van der Waals surface area contributed by atoms with Gasteiger partial charge in [0.05, 0.1) is 17.5 Å². The van der Waals surface area contributed by atoms with E-state index in [-0.39, 0.29) is 12.2 Å². The zero-order valence-electron chi connectivity index (χ0n) is 5.97. The van der Waals surface area contributed by atoms with E-state index in [1.165, 1.54) is 0 Å². The lowest BCUT2D eigenvalue weighted by Crippen LogP contribution is -2.09. The van der Waals surface area contributed by atoms with Crippen molar-refractivity contribution in [3.8, 4) is 0 Å². The van der Waals surface area contributed by atoms with Crippen LogP contribution < -0.4 is 5.73 Å². The van der Waals surface area contributed by atoms with Gasteiger partial charge < -0.3 is 5.73 Å². The molecule has 6 heteroatoms. The Balaban J connectivity index is 3.02. The Morgan fingerprint density at radius 3 is 2.58 bits per heavy atom. The minimum absolute atomic E-state index is 0.0447. The molecule has 2 N–H and O–H groups in total. The second-order valence-electron chi connectivity index (χ2n) is 2.14. The number of hydrogen-bond acceptors (Lipinski definition) is 3. The third-order valence-electron chi connectivity index (χ3n) is 1.24. The van der Waals surface area contributed by atoms with E-state index in [1.807, 2.05) is 0 Å². The van der Waals surface area contributed by atoms with Crippen LogP contribution in [0.3, 0.4) is 0 Å². The lowest BCUT2D eigenvalue weighted by molar-refractivity contribution is -0.138.